The Kier molecular flexibility index (Phi) is 13.5. The first-order valence-electron chi connectivity index (χ1n) is 17.7. The third kappa shape index (κ3) is 11.1. The lowest BCUT2D eigenvalue weighted by atomic mass is 9.79. The van der Waals surface area contributed by atoms with Gasteiger partial charge in [0.15, 0.2) is 0 Å². The van der Waals surface area contributed by atoms with Gasteiger partial charge in [-0.25, -0.2) is 0 Å². The maximum absolute atomic E-state index is 14.7. The van der Waals surface area contributed by atoms with Crippen molar-refractivity contribution in [3.8, 4) is 0 Å². The molecule has 3 aliphatic carbocycles. The molecule has 8 nitrogen and oxygen atoms in total. The average Bonchev–Trinajstić information content (AvgIpc) is 3.83. The van der Waals surface area contributed by atoms with Crippen molar-refractivity contribution in [3.05, 3.63) is 30.1 Å². The van der Waals surface area contributed by atoms with Gasteiger partial charge in [-0.2, -0.15) is 0 Å². The van der Waals surface area contributed by atoms with Gasteiger partial charge in [0.25, 0.3) is 0 Å². The van der Waals surface area contributed by atoms with E-state index in [2.05, 4.69) is 10.3 Å². The van der Waals surface area contributed by atoms with Gasteiger partial charge in [0.05, 0.1) is 17.7 Å². The highest BCUT2D eigenvalue weighted by Gasteiger charge is 2.43. The molecule has 3 aliphatic rings. The Bertz CT molecular complexity index is 1000. The third-order valence-corrected chi connectivity index (χ3v) is 10.3. The minimum atomic E-state index is -1.11. The summed E-state index contributed by atoms with van der Waals surface area (Å²) < 4.78 is 0. The zero-order valence-corrected chi connectivity index (χ0v) is 27.3. The Morgan fingerprint density at radius 2 is 1.66 bits per heavy atom. The summed E-state index contributed by atoms with van der Waals surface area (Å²) in [4.78, 5) is 34.0. The normalized spacial score (nSPS) is 21.8. The van der Waals surface area contributed by atoms with Gasteiger partial charge in [-0.1, -0.05) is 84.1 Å². The number of amides is 2. The van der Waals surface area contributed by atoms with E-state index in [9.17, 15) is 24.9 Å². The molecule has 4 N–H and O–H groups in total. The highest BCUT2D eigenvalue weighted by Crippen LogP contribution is 2.39. The smallest absolute Gasteiger partial charge is 0.226 e. The Labute approximate surface area is 265 Å². The molecule has 0 radical (unpaired) electrons. The fourth-order valence-corrected chi connectivity index (χ4v) is 7.57. The molecule has 3 fully saturated rings. The van der Waals surface area contributed by atoms with Gasteiger partial charge in [0.1, 0.15) is 6.10 Å². The molecule has 0 unspecified atom stereocenters. The van der Waals surface area contributed by atoms with Crippen molar-refractivity contribution < 1.29 is 24.9 Å². The number of nitrogens with zero attached hydrogens (tertiary/aromatic N) is 2. The first kappa shape index (κ1) is 34.8. The molecular weight excluding hydrogens is 554 g/mol. The molecule has 0 aliphatic heterocycles. The highest BCUT2D eigenvalue weighted by molar-refractivity contribution is 5.86. The van der Waals surface area contributed by atoms with Crippen LogP contribution in [0.3, 0.4) is 0 Å². The predicted molar refractivity (Wildman–Crippen MR) is 173 cm³/mol. The zero-order valence-electron chi connectivity index (χ0n) is 27.3. The van der Waals surface area contributed by atoms with Gasteiger partial charge < -0.3 is 25.5 Å². The van der Waals surface area contributed by atoms with E-state index in [1.165, 1.54) is 6.42 Å². The summed E-state index contributed by atoms with van der Waals surface area (Å²) in [6, 6.07) is 5.13. The molecule has 0 saturated heterocycles. The number of carbonyl (C=O) groups excluding carboxylic acids is 2. The lowest BCUT2D eigenvalue weighted by molar-refractivity contribution is -0.153. The van der Waals surface area contributed by atoms with Gasteiger partial charge in [0.2, 0.25) is 11.8 Å². The maximum atomic E-state index is 14.7. The van der Waals surface area contributed by atoms with Crippen LogP contribution < -0.4 is 5.32 Å². The molecule has 1 heterocycles. The molecule has 0 bridgehead atoms. The number of hydrogen-bond acceptors (Lipinski definition) is 6. The minimum absolute atomic E-state index is 0.0905. The summed E-state index contributed by atoms with van der Waals surface area (Å²) in [7, 11) is 0. The van der Waals surface area contributed by atoms with Crippen LogP contribution in [0.25, 0.3) is 0 Å². The number of aromatic nitrogens is 1. The van der Waals surface area contributed by atoms with Crippen LogP contribution in [0, 0.1) is 23.7 Å². The molecule has 8 heteroatoms. The largest absolute Gasteiger partial charge is 0.390 e. The van der Waals surface area contributed by atoms with E-state index in [4.69, 9.17) is 0 Å². The van der Waals surface area contributed by atoms with Crippen molar-refractivity contribution in [2.45, 2.75) is 147 Å². The second-order valence-corrected chi connectivity index (χ2v) is 14.7. The molecular formula is C36H59N3O5. The number of hydrogen-bond donors (Lipinski definition) is 4. The highest BCUT2D eigenvalue weighted by atomic mass is 16.3. The van der Waals surface area contributed by atoms with Crippen LogP contribution in [0.15, 0.2) is 24.4 Å². The van der Waals surface area contributed by atoms with Gasteiger partial charge in [0, 0.05) is 43.7 Å². The van der Waals surface area contributed by atoms with E-state index >= 15 is 0 Å². The van der Waals surface area contributed by atoms with Gasteiger partial charge >= 0.3 is 0 Å². The molecule has 0 aromatic carbocycles. The molecule has 3 saturated carbocycles. The Balaban J connectivity index is 1.56. The zero-order chi connectivity index (χ0) is 31.5. The molecule has 248 valence electrons. The van der Waals surface area contributed by atoms with Crippen LogP contribution in [-0.2, 0) is 16.0 Å². The molecule has 1 aromatic rings. The Hall–Kier alpha value is -2.03. The number of nitrogens with one attached hydrogen (secondary N) is 1. The Morgan fingerprint density at radius 3 is 2.30 bits per heavy atom. The number of aliphatic hydroxyl groups is 3. The minimum Gasteiger partial charge on any atom is -0.390 e. The predicted octanol–water partition coefficient (Wildman–Crippen LogP) is 5.18. The summed E-state index contributed by atoms with van der Waals surface area (Å²) >= 11 is 0. The summed E-state index contributed by atoms with van der Waals surface area (Å²) in [5.74, 6) is 0.167. The first-order valence-corrected chi connectivity index (χ1v) is 17.7. The standard InChI is InChI=1S/C36H59N3O5/c1-26(2)21-32(40)34(42)31(23-27-11-5-3-6-12-27)39(25-36(44)17-8-4-9-18-36)35(43)29(22-28-14-15-28)24-33(41)38-20-16-30-13-7-10-19-37-30/h7,10,13,19,26-29,31-32,34,40,42,44H,3-6,8-9,11-12,14-18,20-25H2,1-2H3,(H,38,41)/t29-,31+,32+,34-/m1/s1. The van der Waals surface area contributed by atoms with Crippen molar-refractivity contribution >= 4 is 11.8 Å². The number of rotatable bonds is 17. The second-order valence-electron chi connectivity index (χ2n) is 14.7. The SMILES string of the molecule is CC(C)C[C@H](O)[C@H](O)[C@H](CC1CCCCC1)N(CC1(O)CCCCC1)C(=O)[C@@H](CC(=O)NCCc1ccccn1)CC1CC1. The van der Waals surface area contributed by atoms with Crippen LogP contribution >= 0.6 is 0 Å². The van der Waals surface area contributed by atoms with E-state index in [0.717, 1.165) is 63.5 Å². The summed E-state index contributed by atoms with van der Waals surface area (Å²) in [6.45, 7) is 4.65. The molecule has 44 heavy (non-hydrogen) atoms. The quantitative estimate of drug-likeness (QED) is 0.192. The number of pyridine rings is 1. The molecule has 4 atom stereocenters. The van der Waals surface area contributed by atoms with Crippen LogP contribution in [0.5, 0.6) is 0 Å². The fourth-order valence-electron chi connectivity index (χ4n) is 7.57. The topological polar surface area (TPSA) is 123 Å². The Morgan fingerprint density at radius 1 is 0.977 bits per heavy atom. The van der Waals surface area contributed by atoms with E-state index in [1.54, 1.807) is 11.1 Å². The van der Waals surface area contributed by atoms with Crippen molar-refractivity contribution in [3.63, 3.8) is 0 Å². The summed E-state index contributed by atoms with van der Waals surface area (Å²) in [5.41, 5.74) is -0.110. The molecule has 4 rings (SSSR count). The number of aliphatic hydroxyl groups excluding tert-OH is 2. The van der Waals surface area contributed by atoms with E-state index in [1.807, 2.05) is 32.0 Å². The maximum Gasteiger partial charge on any atom is 0.226 e. The van der Waals surface area contributed by atoms with Gasteiger partial charge in [-0.3, -0.25) is 14.6 Å². The van der Waals surface area contributed by atoms with Crippen molar-refractivity contribution in [2.24, 2.45) is 23.7 Å². The molecule has 2 amide bonds. The van der Waals surface area contributed by atoms with Crippen molar-refractivity contribution in [2.75, 3.05) is 13.1 Å². The number of carbonyl (C=O) groups is 2. The van der Waals surface area contributed by atoms with Crippen molar-refractivity contribution in [1.29, 1.82) is 0 Å². The second kappa shape index (κ2) is 17.0. The van der Waals surface area contributed by atoms with Gasteiger partial charge in [-0.05, 0) is 62.0 Å². The van der Waals surface area contributed by atoms with Crippen LogP contribution in [0.2, 0.25) is 0 Å². The van der Waals surface area contributed by atoms with E-state index < -0.39 is 29.8 Å². The molecule has 0 spiro atoms. The van der Waals surface area contributed by atoms with Crippen molar-refractivity contribution in [1.82, 2.24) is 15.2 Å². The summed E-state index contributed by atoms with van der Waals surface area (Å²) in [6.07, 6.45) is 14.0. The average molecular weight is 614 g/mol. The summed E-state index contributed by atoms with van der Waals surface area (Å²) in [5, 5.41) is 37.7. The van der Waals surface area contributed by atoms with Gasteiger partial charge in [-0.15, -0.1) is 0 Å². The lowest BCUT2D eigenvalue weighted by Gasteiger charge is -2.45. The third-order valence-electron chi connectivity index (χ3n) is 10.3. The molecule has 1 aromatic heterocycles. The fraction of sp³-hybridized carbons (Fsp3) is 0.806. The van der Waals surface area contributed by atoms with E-state index in [0.29, 0.717) is 56.9 Å². The van der Waals surface area contributed by atoms with Crippen LogP contribution in [-0.4, -0.2) is 74.0 Å². The lowest BCUT2D eigenvalue weighted by Crippen LogP contribution is -2.58. The van der Waals surface area contributed by atoms with E-state index in [-0.39, 0.29) is 30.7 Å². The van der Waals surface area contributed by atoms with Crippen LogP contribution in [0.1, 0.15) is 122 Å². The monoisotopic (exact) mass is 613 g/mol. The first-order chi connectivity index (χ1) is 21.1. The van der Waals surface area contributed by atoms with Crippen LogP contribution in [0.4, 0.5) is 0 Å².